The number of ether oxygens (including phenoxy) is 1. The number of carbonyl (C=O) groups is 1. The maximum atomic E-state index is 12.8. The smallest absolute Gasteiger partial charge is 0.253 e. The molecule has 0 saturated carbocycles. The average Bonchev–Trinajstić information content (AvgIpc) is 2.60. The van der Waals surface area contributed by atoms with Crippen LogP contribution in [-0.2, 0) is 10.0 Å². The second-order valence-corrected chi connectivity index (χ2v) is 8.15. The van der Waals surface area contributed by atoms with Gasteiger partial charge in [-0.3, -0.25) is 4.79 Å². The molecule has 1 atom stereocenters. The molecular formula is C16H26ClN3O4S. The van der Waals surface area contributed by atoms with E-state index >= 15 is 0 Å². The van der Waals surface area contributed by atoms with Gasteiger partial charge in [0.15, 0.2) is 0 Å². The standard InChI is InChI=1S/C16H25N3O4S.ClH/c1-17-13-6-5-9-19(11-13)16(20)12-7-8-14(23-4)15(10-12)24(21,22)18(2)3;/h7-8,10,13,17H,5-6,9,11H2,1-4H3;1H. The summed E-state index contributed by atoms with van der Waals surface area (Å²) in [5, 5.41) is 3.19. The van der Waals surface area contributed by atoms with Crippen molar-refractivity contribution in [1.82, 2.24) is 14.5 Å². The molecule has 0 aromatic heterocycles. The van der Waals surface area contributed by atoms with Gasteiger partial charge >= 0.3 is 0 Å². The van der Waals surface area contributed by atoms with E-state index in [0.29, 0.717) is 18.7 Å². The van der Waals surface area contributed by atoms with E-state index in [4.69, 9.17) is 4.74 Å². The number of amides is 1. The Labute approximate surface area is 155 Å². The van der Waals surface area contributed by atoms with Crippen LogP contribution in [0.25, 0.3) is 0 Å². The summed E-state index contributed by atoms with van der Waals surface area (Å²) in [6, 6.07) is 4.81. The second kappa shape index (κ2) is 8.84. The van der Waals surface area contributed by atoms with Crippen LogP contribution in [-0.4, -0.2) is 70.9 Å². The van der Waals surface area contributed by atoms with Crippen LogP contribution in [0.15, 0.2) is 23.1 Å². The third-order valence-electron chi connectivity index (χ3n) is 4.29. The van der Waals surface area contributed by atoms with Crippen LogP contribution in [0, 0.1) is 0 Å². The van der Waals surface area contributed by atoms with Crippen LogP contribution in [0.2, 0.25) is 0 Å². The molecule has 1 aliphatic rings. The van der Waals surface area contributed by atoms with Crippen LogP contribution in [0.4, 0.5) is 0 Å². The van der Waals surface area contributed by atoms with Gasteiger partial charge in [-0.05, 0) is 38.1 Å². The zero-order chi connectivity index (χ0) is 17.9. The molecular weight excluding hydrogens is 366 g/mol. The van der Waals surface area contributed by atoms with Gasteiger partial charge in [0, 0.05) is 38.8 Å². The van der Waals surface area contributed by atoms with E-state index in [9.17, 15) is 13.2 Å². The molecule has 2 rings (SSSR count). The summed E-state index contributed by atoms with van der Waals surface area (Å²) in [4.78, 5) is 14.5. The van der Waals surface area contributed by atoms with Crippen molar-refractivity contribution in [1.29, 1.82) is 0 Å². The summed E-state index contributed by atoms with van der Waals surface area (Å²) in [7, 11) is 2.50. The molecule has 1 fully saturated rings. The molecule has 1 aromatic rings. The zero-order valence-corrected chi connectivity index (χ0v) is 16.6. The number of nitrogens with one attached hydrogen (secondary N) is 1. The molecule has 1 aromatic carbocycles. The molecule has 0 radical (unpaired) electrons. The van der Waals surface area contributed by atoms with E-state index in [0.717, 1.165) is 17.1 Å². The number of hydrogen-bond donors (Lipinski definition) is 1. The predicted octanol–water partition coefficient (Wildman–Crippen LogP) is 1.19. The molecule has 9 heteroatoms. The lowest BCUT2D eigenvalue weighted by Crippen LogP contribution is -2.47. The first kappa shape index (κ1) is 21.7. The average molecular weight is 392 g/mol. The largest absolute Gasteiger partial charge is 0.495 e. The normalized spacial score (nSPS) is 18.0. The third-order valence-corrected chi connectivity index (χ3v) is 6.12. The van der Waals surface area contributed by atoms with E-state index < -0.39 is 10.0 Å². The molecule has 7 nitrogen and oxygen atoms in total. The number of piperidine rings is 1. The first-order valence-electron chi connectivity index (χ1n) is 7.88. The highest BCUT2D eigenvalue weighted by molar-refractivity contribution is 7.89. The summed E-state index contributed by atoms with van der Waals surface area (Å²) in [5.41, 5.74) is 0.355. The highest BCUT2D eigenvalue weighted by Crippen LogP contribution is 2.27. The Balaban J connectivity index is 0.00000312. The molecule has 1 aliphatic heterocycles. The third kappa shape index (κ3) is 4.63. The molecule has 1 amide bonds. The molecule has 0 bridgehead atoms. The number of likely N-dealkylation sites (N-methyl/N-ethyl adjacent to an activating group) is 1. The number of nitrogens with zero attached hydrogens (tertiary/aromatic N) is 2. The fraction of sp³-hybridized carbons (Fsp3) is 0.562. The Morgan fingerprint density at radius 2 is 2.04 bits per heavy atom. The van der Waals surface area contributed by atoms with Crippen molar-refractivity contribution in [2.45, 2.75) is 23.8 Å². The van der Waals surface area contributed by atoms with Gasteiger partial charge in [-0.15, -0.1) is 12.4 Å². The lowest BCUT2D eigenvalue weighted by molar-refractivity contribution is 0.0698. The van der Waals surface area contributed by atoms with Gasteiger partial charge in [0.2, 0.25) is 10.0 Å². The van der Waals surface area contributed by atoms with Crippen LogP contribution in [0.5, 0.6) is 5.75 Å². The van der Waals surface area contributed by atoms with Crippen molar-refractivity contribution in [3.8, 4) is 5.75 Å². The number of methoxy groups -OCH3 is 1. The van der Waals surface area contributed by atoms with Crippen molar-refractivity contribution < 1.29 is 17.9 Å². The van der Waals surface area contributed by atoms with Crippen LogP contribution in [0.3, 0.4) is 0 Å². The fourth-order valence-electron chi connectivity index (χ4n) is 2.79. The van der Waals surface area contributed by atoms with Crippen molar-refractivity contribution in [3.63, 3.8) is 0 Å². The number of benzene rings is 1. The number of carbonyl (C=O) groups excluding carboxylic acids is 1. The molecule has 1 unspecified atom stereocenters. The monoisotopic (exact) mass is 391 g/mol. The number of rotatable bonds is 5. The van der Waals surface area contributed by atoms with Crippen molar-refractivity contribution >= 4 is 28.3 Å². The maximum absolute atomic E-state index is 12.8. The summed E-state index contributed by atoms with van der Waals surface area (Å²) < 4.78 is 31.2. The predicted molar refractivity (Wildman–Crippen MR) is 99.1 cm³/mol. The second-order valence-electron chi connectivity index (χ2n) is 6.03. The maximum Gasteiger partial charge on any atom is 0.253 e. The number of likely N-dealkylation sites (tertiary alicyclic amines) is 1. The van der Waals surface area contributed by atoms with Crippen LogP contribution >= 0.6 is 12.4 Å². The molecule has 1 N–H and O–H groups in total. The van der Waals surface area contributed by atoms with Crippen molar-refractivity contribution in [2.75, 3.05) is 41.3 Å². The van der Waals surface area contributed by atoms with E-state index in [1.807, 2.05) is 7.05 Å². The molecule has 142 valence electrons. The minimum Gasteiger partial charge on any atom is -0.495 e. The summed E-state index contributed by atoms with van der Waals surface area (Å²) in [6.07, 6.45) is 1.96. The topological polar surface area (TPSA) is 79.0 Å². The van der Waals surface area contributed by atoms with E-state index in [1.54, 1.807) is 11.0 Å². The van der Waals surface area contributed by atoms with Gasteiger partial charge in [-0.2, -0.15) is 0 Å². The minimum absolute atomic E-state index is 0. The molecule has 1 saturated heterocycles. The summed E-state index contributed by atoms with van der Waals surface area (Å²) in [5.74, 6) is 0.0693. The Bertz CT molecular complexity index is 709. The van der Waals surface area contributed by atoms with Crippen molar-refractivity contribution in [3.05, 3.63) is 23.8 Å². The Hall–Kier alpha value is -1.35. The van der Waals surface area contributed by atoms with Gasteiger partial charge in [0.05, 0.1) is 7.11 Å². The van der Waals surface area contributed by atoms with E-state index in [1.165, 1.54) is 33.3 Å². The van der Waals surface area contributed by atoms with E-state index in [-0.39, 0.29) is 35.0 Å². The molecule has 0 aliphatic carbocycles. The molecule has 25 heavy (non-hydrogen) atoms. The van der Waals surface area contributed by atoms with E-state index in [2.05, 4.69) is 5.32 Å². The minimum atomic E-state index is -3.70. The fourth-order valence-corrected chi connectivity index (χ4v) is 3.86. The Kier molecular flexibility index (Phi) is 7.67. The zero-order valence-electron chi connectivity index (χ0n) is 15.0. The lowest BCUT2D eigenvalue weighted by Gasteiger charge is -2.32. The summed E-state index contributed by atoms with van der Waals surface area (Å²) in [6.45, 7) is 1.30. The number of sulfonamides is 1. The number of hydrogen-bond acceptors (Lipinski definition) is 5. The van der Waals surface area contributed by atoms with Crippen LogP contribution < -0.4 is 10.1 Å². The lowest BCUT2D eigenvalue weighted by atomic mass is 10.0. The highest BCUT2D eigenvalue weighted by atomic mass is 35.5. The highest BCUT2D eigenvalue weighted by Gasteiger charge is 2.27. The Morgan fingerprint density at radius 1 is 1.36 bits per heavy atom. The van der Waals surface area contributed by atoms with Crippen molar-refractivity contribution in [2.24, 2.45) is 0 Å². The molecule has 0 spiro atoms. The van der Waals surface area contributed by atoms with Gasteiger partial charge in [0.1, 0.15) is 10.6 Å². The van der Waals surface area contributed by atoms with Gasteiger partial charge in [0.25, 0.3) is 5.91 Å². The Morgan fingerprint density at radius 3 is 2.60 bits per heavy atom. The summed E-state index contributed by atoms with van der Waals surface area (Å²) >= 11 is 0. The van der Waals surface area contributed by atoms with Crippen LogP contribution in [0.1, 0.15) is 23.2 Å². The first-order valence-corrected chi connectivity index (χ1v) is 9.32. The van der Waals surface area contributed by atoms with Gasteiger partial charge < -0.3 is 15.0 Å². The first-order chi connectivity index (χ1) is 11.3. The quantitative estimate of drug-likeness (QED) is 0.815. The van der Waals surface area contributed by atoms with Gasteiger partial charge in [-0.1, -0.05) is 0 Å². The molecule has 1 heterocycles. The number of halogens is 1. The van der Waals surface area contributed by atoms with Gasteiger partial charge in [-0.25, -0.2) is 12.7 Å². The SMILES string of the molecule is CNC1CCCN(C(=O)c2ccc(OC)c(S(=O)(=O)N(C)C)c2)C1.Cl.